The molecule has 3 nitrogen and oxygen atoms in total. The van der Waals surface area contributed by atoms with E-state index in [-0.39, 0.29) is 6.04 Å². The van der Waals surface area contributed by atoms with E-state index in [1.54, 1.807) is 0 Å². The fraction of sp³-hybridized carbons (Fsp3) is 0.333. The molecule has 0 saturated heterocycles. The Bertz CT molecular complexity index is 495. The SMILES string of the molecule is CCC(N)C(O)c1cc2c(Cl)cccc2[nH]1. The Hall–Kier alpha value is -1.03. The number of aliphatic hydroxyl groups excluding tert-OH is 1. The second-order valence-corrected chi connectivity index (χ2v) is 4.35. The maximum absolute atomic E-state index is 9.98. The van der Waals surface area contributed by atoms with Crippen molar-refractivity contribution in [2.45, 2.75) is 25.5 Å². The van der Waals surface area contributed by atoms with Crippen LogP contribution in [0.3, 0.4) is 0 Å². The highest BCUT2D eigenvalue weighted by Crippen LogP contribution is 2.27. The average molecular weight is 239 g/mol. The lowest BCUT2D eigenvalue weighted by Crippen LogP contribution is -2.27. The Labute approximate surface area is 99.2 Å². The number of fused-ring (bicyclic) bond motifs is 1. The van der Waals surface area contributed by atoms with Crippen LogP contribution in [0.25, 0.3) is 10.9 Å². The largest absolute Gasteiger partial charge is 0.385 e. The number of aromatic nitrogens is 1. The number of hydrogen-bond acceptors (Lipinski definition) is 2. The fourth-order valence-electron chi connectivity index (χ4n) is 1.75. The van der Waals surface area contributed by atoms with Gasteiger partial charge in [0.2, 0.25) is 0 Å². The summed E-state index contributed by atoms with van der Waals surface area (Å²) in [7, 11) is 0. The minimum atomic E-state index is -0.673. The van der Waals surface area contributed by atoms with E-state index in [9.17, 15) is 5.11 Å². The first-order valence-electron chi connectivity index (χ1n) is 5.34. The van der Waals surface area contributed by atoms with E-state index < -0.39 is 6.10 Å². The number of rotatable bonds is 3. The second kappa shape index (κ2) is 4.45. The summed E-state index contributed by atoms with van der Waals surface area (Å²) >= 11 is 6.06. The van der Waals surface area contributed by atoms with Crippen LogP contribution in [0.2, 0.25) is 5.02 Å². The van der Waals surface area contributed by atoms with Gasteiger partial charge in [-0.3, -0.25) is 0 Å². The summed E-state index contributed by atoms with van der Waals surface area (Å²) in [6, 6.07) is 7.23. The second-order valence-electron chi connectivity index (χ2n) is 3.94. The van der Waals surface area contributed by atoms with Crippen molar-refractivity contribution in [1.82, 2.24) is 4.98 Å². The zero-order chi connectivity index (χ0) is 11.7. The van der Waals surface area contributed by atoms with Crippen molar-refractivity contribution in [3.63, 3.8) is 0 Å². The lowest BCUT2D eigenvalue weighted by molar-refractivity contribution is 0.141. The smallest absolute Gasteiger partial charge is 0.109 e. The number of nitrogens with two attached hydrogens (primary N) is 1. The zero-order valence-corrected chi connectivity index (χ0v) is 9.83. The summed E-state index contributed by atoms with van der Waals surface area (Å²) in [6.07, 6.45) is 0.0537. The molecule has 2 aromatic rings. The maximum Gasteiger partial charge on any atom is 0.109 e. The van der Waals surface area contributed by atoms with E-state index in [4.69, 9.17) is 17.3 Å². The Morgan fingerprint density at radius 3 is 2.88 bits per heavy atom. The molecule has 2 atom stereocenters. The summed E-state index contributed by atoms with van der Waals surface area (Å²) in [5, 5.41) is 11.6. The maximum atomic E-state index is 9.98. The van der Waals surface area contributed by atoms with Gasteiger partial charge >= 0.3 is 0 Å². The van der Waals surface area contributed by atoms with Crippen LogP contribution in [-0.4, -0.2) is 16.1 Å². The van der Waals surface area contributed by atoms with Gasteiger partial charge in [0.15, 0.2) is 0 Å². The van der Waals surface area contributed by atoms with Crippen LogP contribution in [0.15, 0.2) is 24.3 Å². The number of hydrogen-bond donors (Lipinski definition) is 3. The molecule has 2 unspecified atom stereocenters. The van der Waals surface area contributed by atoms with Crippen LogP contribution in [0.5, 0.6) is 0 Å². The summed E-state index contributed by atoms with van der Waals surface area (Å²) in [6.45, 7) is 1.95. The summed E-state index contributed by atoms with van der Waals surface area (Å²) < 4.78 is 0. The molecule has 0 bridgehead atoms. The minimum absolute atomic E-state index is 0.258. The van der Waals surface area contributed by atoms with Crippen molar-refractivity contribution in [2.75, 3.05) is 0 Å². The fourth-order valence-corrected chi connectivity index (χ4v) is 1.98. The highest BCUT2D eigenvalue weighted by atomic mass is 35.5. The van der Waals surface area contributed by atoms with Gasteiger partial charge in [0.1, 0.15) is 6.10 Å². The quantitative estimate of drug-likeness (QED) is 0.770. The van der Waals surface area contributed by atoms with E-state index in [2.05, 4.69) is 4.98 Å². The Morgan fingerprint density at radius 1 is 1.50 bits per heavy atom. The molecule has 0 aliphatic rings. The Morgan fingerprint density at radius 2 is 2.25 bits per heavy atom. The zero-order valence-electron chi connectivity index (χ0n) is 9.07. The number of aliphatic hydroxyl groups is 1. The topological polar surface area (TPSA) is 62.0 Å². The van der Waals surface area contributed by atoms with Crippen molar-refractivity contribution in [1.29, 1.82) is 0 Å². The molecule has 2 rings (SSSR count). The molecular weight excluding hydrogens is 224 g/mol. The number of halogens is 1. The molecule has 0 fully saturated rings. The number of nitrogens with one attached hydrogen (secondary N) is 1. The predicted octanol–water partition coefficient (Wildman–Crippen LogP) is 2.59. The van der Waals surface area contributed by atoms with Gasteiger partial charge in [0, 0.05) is 27.7 Å². The van der Waals surface area contributed by atoms with Gasteiger partial charge in [-0.25, -0.2) is 0 Å². The van der Waals surface area contributed by atoms with Crippen LogP contribution in [0, 0.1) is 0 Å². The van der Waals surface area contributed by atoms with Crippen molar-refractivity contribution in [3.05, 3.63) is 35.0 Å². The minimum Gasteiger partial charge on any atom is -0.385 e. The number of aromatic amines is 1. The van der Waals surface area contributed by atoms with E-state index >= 15 is 0 Å². The molecule has 0 amide bonds. The Kier molecular flexibility index (Phi) is 3.19. The standard InChI is InChI=1S/C12H15ClN2O/c1-2-9(14)12(16)11-6-7-8(13)4-3-5-10(7)15-11/h3-6,9,12,15-16H,2,14H2,1H3. The molecular formula is C12H15ClN2O. The van der Waals surface area contributed by atoms with Gasteiger partial charge in [-0.15, -0.1) is 0 Å². The van der Waals surface area contributed by atoms with Gasteiger partial charge in [0.05, 0.1) is 0 Å². The van der Waals surface area contributed by atoms with E-state index in [0.717, 1.165) is 23.0 Å². The normalized spacial score (nSPS) is 15.2. The van der Waals surface area contributed by atoms with Crippen molar-refractivity contribution < 1.29 is 5.11 Å². The molecule has 86 valence electrons. The van der Waals surface area contributed by atoms with E-state index in [1.807, 2.05) is 31.2 Å². The summed E-state index contributed by atoms with van der Waals surface area (Å²) in [5.74, 6) is 0. The van der Waals surface area contributed by atoms with Crippen LogP contribution < -0.4 is 5.73 Å². The predicted molar refractivity (Wildman–Crippen MR) is 66.5 cm³/mol. The molecule has 0 spiro atoms. The van der Waals surface area contributed by atoms with Crippen molar-refractivity contribution >= 4 is 22.5 Å². The monoisotopic (exact) mass is 238 g/mol. The number of H-pyrrole nitrogens is 1. The van der Waals surface area contributed by atoms with E-state index in [1.165, 1.54) is 0 Å². The molecule has 0 saturated carbocycles. The molecule has 0 aliphatic carbocycles. The van der Waals surface area contributed by atoms with Gasteiger partial charge < -0.3 is 15.8 Å². The molecule has 1 heterocycles. The van der Waals surface area contributed by atoms with Crippen molar-refractivity contribution in [3.8, 4) is 0 Å². The summed E-state index contributed by atoms with van der Waals surface area (Å²) in [4.78, 5) is 3.14. The van der Waals surface area contributed by atoms with Gasteiger partial charge in [0.25, 0.3) is 0 Å². The highest BCUT2D eigenvalue weighted by Gasteiger charge is 2.17. The third-order valence-electron chi connectivity index (χ3n) is 2.83. The lowest BCUT2D eigenvalue weighted by atomic mass is 10.1. The molecule has 0 aliphatic heterocycles. The third kappa shape index (κ3) is 1.94. The molecule has 4 N–H and O–H groups in total. The van der Waals surface area contributed by atoms with Gasteiger partial charge in [-0.1, -0.05) is 24.6 Å². The highest BCUT2D eigenvalue weighted by molar-refractivity contribution is 6.35. The van der Waals surface area contributed by atoms with Crippen LogP contribution >= 0.6 is 11.6 Å². The molecule has 1 aromatic carbocycles. The molecule has 1 aromatic heterocycles. The summed E-state index contributed by atoms with van der Waals surface area (Å²) in [5.41, 5.74) is 7.45. The van der Waals surface area contributed by atoms with Gasteiger partial charge in [-0.05, 0) is 24.6 Å². The third-order valence-corrected chi connectivity index (χ3v) is 3.16. The molecule has 16 heavy (non-hydrogen) atoms. The van der Waals surface area contributed by atoms with Crippen LogP contribution in [0.4, 0.5) is 0 Å². The van der Waals surface area contributed by atoms with E-state index in [0.29, 0.717) is 5.02 Å². The number of benzene rings is 1. The van der Waals surface area contributed by atoms with Crippen LogP contribution in [0.1, 0.15) is 25.1 Å². The average Bonchev–Trinajstić information content (AvgIpc) is 2.72. The molecule has 0 radical (unpaired) electrons. The van der Waals surface area contributed by atoms with Crippen LogP contribution in [-0.2, 0) is 0 Å². The lowest BCUT2D eigenvalue weighted by Gasteiger charge is -2.15. The first-order valence-corrected chi connectivity index (χ1v) is 5.72. The first-order chi connectivity index (χ1) is 7.63. The first kappa shape index (κ1) is 11.5. The molecule has 4 heteroatoms. The van der Waals surface area contributed by atoms with Crippen molar-refractivity contribution in [2.24, 2.45) is 5.73 Å². The van der Waals surface area contributed by atoms with Gasteiger partial charge in [-0.2, -0.15) is 0 Å². The Balaban J connectivity index is 2.43.